The van der Waals surface area contributed by atoms with Crippen LogP contribution in [-0.2, 0) is 9.53 Å². The lowest BCUT2D eigenvalue weighted by Crippen LogP contribution is -2.36. The van der Waals surface area contributed by atoms with E-state index in [4.69, 9.17) is 26.6 Å². The van der Waals surface area contributed by atoms with E-state index in [-0.39, 0.29) is 29.0 Å². The van der Waals surface area contributed by atoms with Crippen LogP contribution in [0, 0.1) is 11.3 Å². The molecule has 0 aromatic heterocycles. The summed E-state index contributed by atoms with van der Waals surface area (Å²) in [7, 11) is 0. The Hall–Kier alpha value is -2.68. The smallest absolute Gasteiger partial charge is 0.331 e. The standard InChI is InChI=1S/C22H29ClN4O3/c1-5-6-7-8-11-22(4,15-26-27-25)30-20-13-17(12-19(23)18(20)14-24)9-10-21(28)29-16(2)3/h9-10,12-13,16H,5-8,11,15H2,1-4H3/b10-9+. The lowest BCUT2D eigenvalue weighted by Gasteiger charge is -2.30. The molecule has 0 aliphatic carbocycles. The van der Waals surface area contributed by atoms with Gasteiger partial charge in [-0.1, -0.05) is 42.9 Å². The summed E-state index contributed by atoms with van der Waals surface area (Å²) in [5.74, 6) is -0.190. The largest absolute Gasteiger partial charge is 0.486 e. The van der Waals surface area contributed by atoms with E-state index in [1.54, 1.807) is 32.1 Å². The van der Waals surface area contributed by atoms with Gasteiger partial charge < -0.3 is 9.47 Å². The molecule has 1 aromatic carbocycles. The van der Waals surface area contributed by atoms with Gasteiger partial charge in [-0.05, 0) is 62.9 Å². The van der Waals surface area contributed by atoms with Gasteiger partial charge in [0.05, 0.1) is 17.7 Å². The van der Waals surface area contributed by atoms with Gasteiger partial charge in [-0.15, -0.1) is 0 Å². The third-order valence-electron chi connectivity index (χ3n) is 4.34. The third-order valence-corrected chi connectivity index (χ3v) is 4.63. The van der Waals surface area contributed by atoms with Gasteiger partial charge in [-0.2, -0.15) is 5.26 Å². The number of nitrogens with zero attached hydrogens (tertiary/aromatic N) is 4. The van der Waals surface area contributed by atoms with Crippen molar-refractivity contribution in [3.8, 4) is 11.8 Å². The molecule has 0 saturated heterocycles. The molecule has 0 amide bonds. The summed E-state index contributed by atoms with van der Waals surface area (Å²) in [4.78, 5) is 14.6. The normalized spacial score (nSPS) is 12.8. The maximum Gasteiger partial charge on any atom is 0.331 e. The van der Waals surface area contributed by atoms with Crippen LogP contribution in [0.1, 0.15) is 70.9 Å². The fourth-order valence-electron chi connectivity index (χ4n) is 2.86. The molecular formula is C22H29ClN4O3. The lowest BCUT2D eigenvalue weighted by atomic mass is 9.97. The second-order valence-electron chi connectivity index (χ2n) is 7.56. The Labute approximate surface area is 183 Å². The zero-order chi connectivity index (χ0) is 22.6. The number of benzene rings is 1. The third kappa shape index (κ3) is 8.77. The molecule has 0 bridgehead atoms. The first-order chi connectivity index (χ1) is 14.2. The van der Waals surface area contributed by atoms with Gasteiger partial charge in [-0.25, -0.2) is 4.79 Å². The molecule has 0 fully saturated rings. The lowest BCUT2D eigenvalue weighted by molar-refractivity contribution is -0.141. The summed E-state index contributed by atoms with van der Waals surface area (Å²) in [6, 6.07) is 5.29. The van der Waals surface area contributed by atoms with Crippen LogP contribution in [0.2, 0.25) is 5.02 Å². The quantitative estimate of drug-likeness (QED) is 0.0925. The SMILES string of the molecule is CCCCCCC(C)(CN=[N+]=[N-])Oc1cc(/C=C/C(=O)OC(C)C)cc(Cl)c1C#N. The molecule has 7 nitrogen and oxygen atoms in total. The van der Waals surface area contributed by atoms with Gasteiger partial charge in [0.15, 0.2) is 0 Å². The van der Waals surface area contributed by atoms with E-state index in [2.05, 4.69) is 23.0 Å². The Bertz CT molecular complexity index is 842. The van der Waals surface area contributed by atoms with E-state index in [1.165, 1.54) is 6.08 Å². The number of ether oxygens (including phenoxy) is 2. The maximum atomic E-state index is 11.8. The minimum atomic E-state index is -0.784. The Morgan fingerprint density at radius 3 is 2.73 bits per heavy atom. The zero-order valence-corrected chi connectivity index (χ0v) is 18.8. The van der Waals surface area contributed by atoms with Gasteiger partial charge in [0, 0.05) is 11.0 Å². The van der Waals surface area contributed by atoms with Crippen LogP contribution in [0.3, 0.4) is 0 Å². The van der Waals surface area contributed by atoms with Crippen molar-refractivity contribution in [1.29, 1.82) is 5.26 Å². The minimum absolute atomic E-state index is 0.124. The molecule has 8 heteroatoms. The minimum Gasteiger partial charge on any atom is -0.486 e. The Morgan fingerprint density at radius 1 is 1.40 bits per heavy atom. The molecule has 1 rings (SSSR count). The summed E-state index contributed by atoms with van der Waals surface area (Å²) >= 11 is 6.28. The average Bonchev–Trinajstić information content (AvgIpc) is 2.68. The molecule has 162 valence electrons. The Kier molecular flexibility index (Phi) is 10.8. The number of hydrogen-bond donors (Lipinski definition) is 0. The molecule has 30 heavy (non-hydrogen) atoms. The van der Waals surface area contributed by atoms with Crippen molar-refractivity contribution in [2.24, 2.45) is 5.11 Å². The van der Waals surface area contributed by atoms with Crippen LogP contribution in [-0.4, -0.2) is 24.2 Å². The zero-order valence-electron chi connectivity index (χ0n) is 18.0. The molecule has 0 saturated carbocycles. The van der Waals surface area contributed by atoms with Crippen LogP contribution in [0.25, 0.3) is 16.5 Å². The Morgan fingerprint density at radius 2 is 2.13 bits per heavy atom. The van der Waals surface area contributed by atoms with Gasteiger partial charge in [0.25, 0.3) is 0 Å². The fourth-order valence-corrected chi connectivity index (χ4v) is 3.12. The summed E-state index contributed by atoms with van der Waals surface area (Å²) in [5.41, 5.74) is 8.75. The highest BCUT2D eigenvalue weighted by molar-refractivity contribution is 6.32. The molecule has 0 radical (unpaired) electrons. The van der Waals surface area contributed by atoms with Crippen LogP contribution in [0.4, 0.5) is 0 Å². The van der Waals surface area contributed by atoms with Crippen LogP contribution < -0.4 is 4.74 Å². The van der Waals surface area contributed by atoms with E-state index in [0.29, 0.717) is 12.0 Å². The molecule has 1 atom stereocenters. The van der Waals surface area contributed by atoms with Crippen molar-refractivity contribution in [3.05, 3.63) is 44.8 Å². The van der Waals surface area contributed by atoms with Crippen LogP contribution in [0.5, 0.6) is 5.75 Å². The van der Waals surface area contributed by atoms with Gasteiger partial charge in [0.2, 0.25) is 0 Å². The number of hydrogen-bond acceptors (Lipinski definition) is 5. The molecule has 0 aliphatic heterocycles. The van der Waals surface area contributed by atoms with E-state index in [9.17, 15) is 10.1 Å². The second-order valence-corrected chi connectivity index (χ2v) is 7.97. The highest BCUT2D eigenvalue weighted by Gasteiger charge is 2.27. The summed E-state index contributed by atoms with van der Waals surface area (Å²) in [6.07, 6.45) is 7.45. The second kappa shape index (κ2) is 12.8. The molecule has 1 unspecified atom stereocenters. The Balaban J connectivity index is 3.17. The highest BCUT2D eigenvalue weighted by atomic mass is 35.5. The van der Waals surface area contributed by atoms with Gasteiger partial charge >= 0.3 is 5.97 Å². The number of rotatable bonds is 12. The molecule has 0 heterocycles. The molecular weight excluding hydrogens is 404 g/mol. The fraction of sp³-hybridized carbons (Fsp3) is 0.545. The van der Waals surface area contributed by atoms with Crippen LogP contribution in [0.15, 0.2) is 23.3 Å². The van der Waals surface area contributed by atoms with Crippen molar-refractivity contribution >= 4 is 23.6 Å². The number of azide groups is 1. The molecule has 0 spiro atoms. The first-order valence-corrected chi connectivity index (χ1v) is 10.4. The first kappa shape index (κ1) is 25.4. The topological polar surface area (TPSA) is 108 Å². The van der Waals surface area contributed by atoms with E-state index in [0.717, 1.165) is 25.7 Å². The van der Waals surface area contributed by atoms with Crippen molar-refractivity contribution in [3.63, 3.8) is 0 Å². The summed E-state index contributed by atoms with van der Waals surface area (Å²) in [5, 5.41) is 13.4. The first-order valence-electron chi connectivity index (χ1n) is 10.1. The van der Waals surface area contributed by atoms with E-state index >= 15 is 0 Å². The molecule has 1 aromatic rings. The number of halogens is 1. The number of carbonyl (C=O) groups is 1. The monoisotopic (exact) mass is 432 g/mol. The number of carbonyl (C=O) groups excluding carboxylic acids is 1. The highest BCUT2D eigenvalue weighted by Crippen LogP contribution is 2.33. The predicted molar refractivity (Wildman–Crippen MR) is 118 cm³/mol. The number of unbranched alkanes of at least 4 members (excludes halogenated alkanes) is 3. The van der Waals surface area contributed by atoms with Crippen molar-refractivity contribution in [2.45, 2.75) is 71.5 Å². The van der Waals surface area contributed by atoms with Crippen molar-refractivity contribution in [2.75, 3.05) is 6.54 Å². The van der Waals surface area contributed by atoms with E-state index in [1.807, 2.05) is 6.92 Å². The van der Waals surface area contributed by atoms with Crippen molar-refractivity contribution < 1.29 is 14.3 Å². The summed E-state index contributed by atoms with van der Waals surface area (Å²) < 4.78 is 11.3. The van der Waals surface area contributed by atoms with Gasteiger partial charge in [0.1, 0.15) is 23.0 Å². The molecule has 0 aliphatic rings. The van der Waals surface area contributed by atoms with Gasteiger partial charge in [-0.3, -0.25) is 0 Å². The van der Waals surface area contributed by atoms with E-state index < -0.39 is 11.6 Å². The van der Waals surface area contributed by atoms with Crippen molar-refractivity contribution in [1.82, 2.24) is 0 Å². The average molecular weight is 433 g/mol. The predicted octanol–water partition coefficient (Wildman–Crippen LogP) is 6.59. The number of esters is 1. The molecule has 0 N–H and O–H groups in total. The summed E-state index contributed by atoms with van der Waals surface area (Å²) in [6.45, 7) is 7.64. The number of nitriles is 1. The van der Waals surface area contributed by atoms with Crippen LogP contribution >= 0.6 is 11.6 Å². The maximum absolute atomic E-state index is 11.8.